The van der Waals surface area contributed by atoms with Crippen molar-refractivity contribution < 1.29 is 0 Å². The highest BCUT2D eigenvalue weighted by Gasteiger charge is 2.16. The Morgan fingerprint density at radius 1 is 1.36 bits per heavy atom. The van der Waals surface area contributed by atoms with Gasteiger partial charge in [0.1, 0.15) is 0 Å². The van der Waals surface area contributed by atoms with Gasteiger partial charge in [-0.15, -0.1) is 0 Å². The highest BCUT2D eigenvalue weighted by molar-refractivity contribution is 4.73. The normalized spacial score (nSPS) is 22.5. The number of nitrogens with one attached hydrogen (secondary N) is 1. The van der Waals surface area contributed by atoms with Crippen molar-refractivity contribution >= 4 is 0 Å². The number of nitrogens with zero attached hydrogens (tertiary/aromatic N) is 1. The quantitative estimate of drug-likeness (QED) is 0.728. The Hall–Kier alpha value is -0.0800. The molecule has 1 atom stereocenters. The molecule has 0 aliphatic carbocycles. The van der Waals surface area contributed by atoms with Gasteiger partial charge in [-0.1, -0.05) is 13.8 Å². The maximum Gasteiger partial charge on any atom is 0.0166 e. The molecule has 1 heterocycles. The zero-order chi connectivity index (χ0) is 10.4. The number of rotatable bonds is 5. The molecule has 0 aromatic heterocycles. The van der Waals surface area contributed by atoms with Gasteiger partial charge in [-0.05, 0) is 51.7 Å². The van der Waals surface area contributed by atoms with E-state index in [2.05, 4.69) is 31.0 Å². The van der Waals surface area contributed by atoms with Crippen LogP contribution >= 0.6 is 0 Å². The third kappa shape index (κ3) is 4.43. The summed E-state index contributed by atoms with van der Waals surface area (Å²) in [6.45, 7) is 11.9. The van der Waals surface area contributed by atoms with Crippen molar-refractivity contribution in [1.29, 1.82) is 0 Å². The average molecular weight is 198 g/mol. The summed E-state index contributed by atoms with van der Waals surface area (Å²) in [5, 5.41) is 3.55. The van der Waals surface area contributed by atoms with Crippen LogP contribution in [0.1, 0.15) is 40.0 Å². The molecule has 0 bridgehead atoms. The van der Waals surface area contributed by atoms with E-state index >= 15 is 0 Å². The molecular weight excluding hydrogens is 172 g/mol. The standard InChI is InChI=1S/C12H26N2/c1-4-7-13-12(3)10-14-8-5-11(2)6-9-14/h11-13H,4-10H2,1-3H3. The molecule has 0 amide bonds. The van der Waals surface area contributed by atoms with Gasteiger partial charge < -0.3 is 10.2 Å². The van der Waals surface area contributed by atoms with Gasteiger partial charge in [-0.2, -0.15) is 0 Å². The van der Waals surface area contributed by atoms with Gasteiger partial charge in [0.25, 0.3) is 0 Å². The summed E-state index contributed by atoms with van der Waals surface area (Å²) in [5.74, 6) is 0.949. The van der Waals surface area contributed by atoms with E-state index in [9.17, 15) is 0 Å². The van der Waals surface area contributed by atoms with E-state index < -0.39 is 0 Å². The van der Waals surface area contributed by atoms with Crippen molar-refractivity contribution in [3.8, 4) is 0 Å². The second kappa shape index (κ2) is 6.41. The molecule has 1 unspecified atom stereocenters. The molecule has 1 aliphatic heterocycles. The summed E-state index contributed by atoms with van der Waals surface area (Å²) in [4.78, 5) is 2.60. The lowest BCUT2D eigenvalue weighted by atomic mass is 9.99. The molecule has 0 spiro atoms. The molecular formula is C12H26N2. The minimum atomic E-state index is 0.656. The largest absolute Gasteiger partial charge is 0.313 e. The van der Waals surface area contributed by atoms with Crippen LogP contribution in [0.5, 0.6) is 0 Å². The van der Waals surface area contributed by atoms with Crippen LogP contribution < -0.4 is 5.32 Å². The van der Waals surface area contributed by atoms with E-state index in [0.29, 0.717) is 6.04 Å². The van der Waals surface area contributed by atoms with E-state index in [1.807, 2.05) is 0 Å². The second-order valence-corrected chi connectivity index (χ2v) is 4.84. The average Bonchev–Trinajstić information content (AvgIpc) is 2.18. The first-order chi connectivity index (χ1) is 6.72. The van der Waals surface area contributed by atoms with Crippen LogP contribution in [-0.4, -0.2) is 37.1 Å². The van der Waals surface area contributed by atoms with Crippen LogP contribution in [0.4, 0.5) is 0 Å². The van der Waals surface area contributed by atoms with E-state index in [1.54, 1.807) is 0 Å². The third-order valence-electron chi connectivity index (χ3n) is 3.15. The summed E-state index contributed by atoms with van der Waals surface area (Å²) < 4.78 is 0. The first kappa shape index (κ1) is 12.0. The minimum absolute atomic E-state index is 0.656. The predicted molar refractivity (Wildman–Crippen MR) is 62.6 cm³/mol. The lowest BCUT2D eigenvalue weighted by molar-refractivity contribution is 0.178. The molecule has 2 nitrogen and oxygen atoms in total. The van der Waals surface area contributed by atoms with Crippen molar-refractivity contribution in [3.63, 3.8) is 0 Å². The zero-order valence-electron chi connectivity index (χ0n) is 10.1. The molecule has 0 aromatic carbocycles. The maximum atomic E-state index is 3.55. The maximum absolute atomic E-state index is 3.55. The summed E-state index contributed by atoms with van der Waals surface area (Å²) in [7, 11) is 0. The predicted octanol–water partition coefficient (Wildman–Crippen LogP) is 2.11. The molecule has 2 heteroatoms. The first-order valence-corrected chi connectivity index (χ1v) is 6.18. The zero-order valence-corrected chi connectivity index (χ0v) is 10.1. The smallest absolute Gasteiger partial charge is 0.0166 e. The van der Waals surface area contributed by atoms with Crippen LogP contribution in [0, 0.1) is 5.92 Å². The molecule has 1 saturated heterocycles. The van der Waals surface area contributed by atoms with E-state index in [0.717, 1.165) is 12.5 Å². The molecule has 1 fully saturated rings. The summed E-state index contributed by atoms with van der Waals surface area (Å²) >= 11 is 0. The molecule has 84 valence electrons. The Labute approximate surface area is 89.1 Å². The fourth-order valence-electron chi connectivity index (χ4n) is 2.09. The van der Waals surface area contributed by atoms with Crippen molar-refractivity contribution in [2.45, 2.75) is 46.1 Å². The van der Waals surface area contributed by atoms with Crippen molar-refractivity contribution in [1.82, 2.24) is 10.2 Å². The van der Waals surface area contributed by atoms with E-state index in [1.165, 1.54) is 38.9 Å². The molecule has 1 rings (SSSR count). The summed E-state index contributed by atoms with van der Waals surface area (Å²) in [6, 6.07) is 0.656. The minimum Gasteiger partial charge on any atom is -0.313 e. The summed E-state index contributed by atoms with van der Waals surface area (Å²) in [6.07, 6.45) is 4.02. The number of piperidine rings is 1. The SMILES string of the molecule is CCCNC(C)CN1CCC(C)CC1. The molecule has 0 radical (unpaired) electrons. The number of likely N-dealkylation sites (tertiary alicyclic amines) is 1. The Bertz CT molecular complexity index is 139. The first-order valence-electron chi connectivity index (χ1n) is 6.18. The fourth-order valence-corrected chi connectivity index (χ4v) is 2.09. The topological polar surface area (TPSA) is 15.3 Å². The second-order valence-electron chi connectivity index (χ2n) is 4.84. The van der Waals surface area contributed by atoms with E-state index in [-0.39, 0.29) is 0 Å². The molecule has 0 saturated carbocycles. The van der Waals surface area contributed by atoms with Crippen LogP contribution in [0.25, 0.3) is 0 Å². The molecule has 1 N–H and O–H groups in total. The third-order valence-corrected chi connectivity index (χ3v) is 3.15. The lowest BCUT2D eigenvalue weighted by Crippen LogP contribution is -2.42. The summed E-state index contributed by atoms with van der Waals surface area (Å²) in [5.41, 5.74) is 0. The fraction of sp³-hybridized carbons (Fsp3) is 1.00. The van der Waals surface area contributed by atoms with Gasteiger partial charge in [0, 0.05) is 12.6 Å². The van der Waals surface area contributed by atoms with Crippen LogP contribution in [0.15, 0.2) is 0 Å². The lowest BCUT2D eigenvalue weighted by Gasteiger charge is -2.32. The van der Waals surface area contributed by atoms with Crippen LogP contribution in [-0.2, 0) is 0 Å². The Morgan fingerprint density at radius 3 is 2.57 bits per heavy atom. The number of hydrogen-bond donors (Lipinski definition) is 1. The van der Waals surface area contributed by atoms with Crippen LogP contribution in [0.3, 0.4) is 0 Å². The van der Waals surface area contributed by atoms with Gasteiger partial charge in [0.15, 0.2) is 0 Å². The Balaban J connectivity index is 2.10. The van der Waals surface area contributed by atoms with Gasteiger partial charge >= 0.3 is 0 Å². The number of hydrogen-bond acceptors (Lipinski definition) is 2. The van der Waals surface area contributed by atoms with E-state index in [4.69, 9.17) is 0 Å². The molecule has 14 heavy (non-hydrogen) atoms. The molecule has 1 aliphatic rings. The Morgan fingerprint density at radius 2 is 2.00 bits per heavy atom. The highest BCUT2D eigenvalue weighted by atomic mass is 15.1. The molecule has 0 aromatic rings. The van der Waals surface area contributed by atoms with Crippen molar-refractivity contribution in [2.24, 2.45) is 5.92 Å². The van der Waals surface area contributed by atoms with Crippen molar-refractivity contribution in [2.75, 3.05) is 26.2 Å². The van der Waals surface area contributed by atoms with Gasteiger partial charge in [0.05, 0.1) is 0 Å². The van der Waals surface area contributed by atoms with Gasteiger partial charge in [-0.3, -0.25) is 0 Å². The van der Waals surface area contributed by atoms with Gasteiger partial charge in [0.2, 0.25) is 0 Å². The van der Waals surface area contributed by atoms with Crippen LogP contribution in [0.2, 0.25) is 0 Å². The Kier molecular flexibility index (Phi) is 5.49. The van der Waals surface area contributed by atoms with Crippen molar-refractivity contribution in [3.05, 3.63) is 0 Å². The van der Waals surface area contributed by atoms with Gasteiger partial charge in [-0.25, -0.2) is 0 Å². The highest BCUT2D eigenvalue weighted by Crippen LogP contribution is 2.15. The monoisotopic (exact) mass is 198 g/mol.